The number of hydrogen-bond acceptors (Lipinski definition) is 3. The van der Waals surface area contributed by atoms with Crippen molar-refractivity contribution in [3.05, 3.63) is 65.2 Å². The lowest BCUT2D eigenvalue weighted by molar-refractivity contribution is 0.0600. The van der Waals surface area contributed by atoms with Crippen LogP contribution < -0.4 is 0 Å². The Morgan fingerprint density at radius 1 is 1.00 bits per heavy atom. The number of methoxy groups -OCH3 is 1. The highest BCUT2D eigenvalue weighted by Crippen LogP contribution is 2.33. The molecule has 0 aliphatic heterocycles. The van der Waals surface area contributed by atoms with Gasteiger partial charge in [0.1, 0.15) is 0 Å². The van der Waals surface area contributed by atoms with Gasteiger partial charge in [-0.2, -0.15) is 0 Å². The van der Waals surface area contributed by atoms with E-state index < -0.39 is 0 Å². The van der Waals surface area contributed by atoms with Gasteiger partial charge in [-0.05, 0) is 54.2 Å². The predicted molar refractivity (Wildman–Crippen MR) is 97.3 cm³/mol. The standard InChI is InChI=1S/C21H23NO2/c1-24-21(23)19-9-7-16(8-10-19)15-22-20-13-11-18(12-14-20)17-5-3-2-4-6-17/h7-15,17H,2-6H2,1H3. The van der Waals surface area contributed by atoms with Gasteiger partial charge in [-0.1, -0.05) is 43.5 Å². The molecule has 0 N–H and O–H groups in total. The summed E-state index contributed by atoms with van der Waals surface area (Å²) in [6, 6.07) is 15.8. The van der Waals surface area contributed by atoms with Gasteiger partial charge < -0.3 is 4.74 Å². The Bertz CT molecular complexity index is 696. The molecule has 1 aliphatic carbocycles. The molecule has 3 heteroatoms. The second-order valence-corrected chi connectivity index (χ2v) is 6.30. The summed E-state index contributed by atoms with van der Waals surface area (Å²) < 4.78 is 4.69. The Morgan fingerprint density at radius 2 is 1.67 bits per heavy atom. The Balaban J connectivity index is 1.64. The molecule has 0 atom stereocenters. The lowest BCUT2D eigenvalue weighted by Crippen LogP contribution is -2.03. The van der Waals surface area contributed by atoms with E-state index in [-0.39, 0.29) is 5.97 Å². The minimum atomic E-state index is -0.322. The largest absolute Gasteiger partial charge is 0.465 e. The SMILES string of the molecule is COC(=O)c1ccc(C=Nc2ccc(C3CCCCC3)cc2)cc1. The number of benzene rings is 2. The Hall–Kier alpha value is -2.42. The zero-order chi connectivity index (χ0) is 16.8. The van der Waals surface area contributed by atoms with E-state index in [0.29, 0.717) is 5.56 Å². The Labute approximate surface area is 143 Å². The number of carbonyl (C=O) groups is 1. The maximum absolute atomic E-state index is 11.4. The van der Waals surface area contributed by atoms with Crippen LogP contribution in [0.5, 0.6) is 0 Å². The van der Waals surface area contributed by atoms with Crippen molar-refractivity contribution in [3.8, 4) is 0 Å². The van der Waals surface area contributed by atoms with Gasteiger partial charge >= 0.3 is 5.97 Å². The summed E-state index contributed by atoms with van der Waals surface area (Å²) in [7, 11) is 1.38. The van der Waals surface area contributed by atoms with Gasteiger partial charge in [-0.3, -0.25) is 4.99 Å². The molecule has 2 aromatic carbocycles. The predicted octanol–water partition coefficient (Wildman–Crippen LogP) is 5.27. The van der Waals surface area contributed by atoms with Crippen molar-refractivity contribution in [1.82, 2.24) is 0 Å². The molecule has 1 fully saturated rings. The third kappa shape index (κ3) is 4.10. The normalized spacial score (nSPS) is 15.5. The maximum atomic E-state index is 11.4. The maximum Gasteiger partial charge on any atom is 0.337 e. The van der Waals surface area contributed by atoms with Gasteiger partial charge in [0.25, 0.3) is 0 Å². The topological polar surface area (TPSA) is 38.7 Å². The number of hydrogen-bond donors (Lipinski definition) is 0. The first-order chi connectivity index (χ1) is 11.8. The van der Waals surface area contributed by atoms with E-state index in [2.05, 4.69) is 29.3 Å². The number of rotatable bonds is 4. The molecule has 0 radical (unpaired) electrons. The second-order valence-electron chi connectivity index (χ2n) is 6.30. The van der Waals surface area contributed by atoms with Gasteiger partial charge in [0.15, 0.2) is 0 Å². The zero-order valence-electron chi connectivity index (χ0n) is 14.1. The molecule has 3 rings (SSSR count). The first-order valence-electron chi connectivity index (χ1n) is 8.58. The third-order valence-corrected chi connectivity index (χ3v) is 4.66. The van der Waals surface area contributed by atoms with E-state index in [1.54, 1.807) is 12.1 Å². The van der Waals surface area contributed by atoms with Crippen LogP contribution in [0.2, 0.25) is 0 Å². The van der Waals surface area contributed by atoms with Crippen molar-refractivity contribution in [1.29, 1.82) is 0 Å². The number of aliphatic imine (C=N–C) groups is 1. The molecule has 24 heavy (non-hydrogen) atoms. The molecule has 3 nitrogen and oxygen atoms in total. The Kier molecular flexibility index (Phi) is 5.42. The lowest BCUT2D eigenvalue weighted by atomic mass is 9.84. The number of ether oxygens (including phenoxy) is 1. The van der Waals surface area contributed by atoms with Crippen LogP contribution >= 0.6 is 0 Å². The minimum Gasteiger partial charge on any atom is -0.465 e. The number of nitrogens with zero attached hydrogens (tertiary/aromatic N) is 1. The molecular formula is C21H23NO2. The average Bonchev–Trinajstić information content (AvgIpc) is 2.67. The van der Waals surface area contributed by atoms with Gasteiger partial charge in [0, 0.05) is 6.21 Å². The van der Waals surface area contributed by atoms with E-state index in [1.807, 2.05) is 18.3 Å². The van der Waals surface area contributed by atoms with Crippen molar-refractivity contribution in [3.63, 3.8) is 0 Å². The van der Waals surface area contributed by atoms with E-state index >= 15 is 0 Å². The van der Waals surface area contributed by atoms with Crippen molar-refractivity contribution in [2.75, 3.05) is 7.11 Å². The van der Waals surface area contributed by atoms with Gasteiger partial charge in [-0.25, -0.2) is 4.79 Å². The smallest absolute Gasteiger partial charge is 0.337 e. The summed E-state index contributed by atoms with van der Waals surface area (Å²) in [4.78, 5) is 15.9. The van der Waals surface area contributed by atoms with Crippen molar-refractivity contribution < 1.29 is 9.53 Å². The summed E-state index contributed by atoms with van der Waals surface area (Å²) in [6.45, 7) is 0. The highest BCUT2D eigenvalue weighted by Gasteiger charge is 2.14. The summed E-state index contributed by atoms with van der Waals surface area (Å²) in [6.07, 6.45) is 8.53. The molecule has 0 saturated heterocycles. The molecule has 2 aromatic rings. The van der Waals surface area contributed by atoms with Crippen LogP contribution in [-0.2, 0) is 4.74 Å². The molecule has 0 bridgehead atoms. The van der Waals surface area contributed by atoms with Crippen LogP contribution in [0.25, 0.3) is 0 Å². The molecule has 0 heterocycles. The van der Waals surface area contributed by atoms with E-state index in [1.165, 1.54) is 44.8 Å². The summed E-state index contributed by atoms with van der Waals surface area (Å²) in [5, 5.41) is 0. The lowest BCUT2D eigenvalue weighted by Gasteiger charge is -2.21. The van der Waals surface area contributed by atoms with E-state index in [9.17, 15) is 4.79 Å². The summed E-state index contributed by atoms with van der Waals surface area (Å²) in [5.74, 6) is 0.402. The molecule has 0 aromatic heterocycles. The van der Waals surface area contributed by atoms with Gasteiger partial charge in [-0.15, -0.1) is 0 Å². The molecule has 1 saturated carbocycles. The van der Waals surface area contributed by atoms with E-state index in [4.69, 9.17) is 4.74 Å². The fourth-order valence-electron chi connectivity index (χ4n) is 3.24. The number of esters is 1. The molecule has 0 amide bonds. The quantitative estimate of drug-likeness (QED) is 0.568. The fourth-order valence-corrected chi connectivity index (χ4v) is 3.24. The molecule has 0 spiro atoms. The second kappa shape index (κ2) is 7.91. The molecule has 124 valence electrons. The highest BCUT2D eigenvalue weighted by atomic mass is 16.5. The fraction of sp³-hybridized carbons (Fsp3) is 0.333. The van der Waals surface area contributed by atoms with Crippen LogP contribution in [0.1, 0.15) is 59.5 Å². The first kappa shape index (κ1) is 16.4. The molecule has 0 unspecified atom stereocenters. The van der Waals surface area contributed by atoms with Crippen LogP contribution in [-0.4, -0.2) is 19.3 Å². The molecule has 1 aliphatic rings. The van der Waals surface area contributed by atoms with Gasteiger partial charge in [0.2, 0.25) is 0 Å². The van der Waals surface area contributed by atoms with Crippen molar-refractivity contribution >= 4 is 17.9 Å². The monoisotopic (exact) mass is 321 g/mol. The Morgan fingerprint density at radius 3 is 2.29 bits per heavy atom. The first-order valence-corrected chi connectivity index (χ1v) is 8.58. The molecular weight excluding hydrogens is 298 g/mol. The van der Waals surface area contributed by atoms with Crippen LogP contribution in [0.15, 0.2) is 53.5 Å². The zero-order valence-corrected chi connectivity index (χ0v) is 14.1. The van der Waals surface area contributed by atoms with Crippen molar-refractivity contribution in [2.45, 2.75) is 38.0 Å². The van der Waals surface area contributed by atoms with E-state index in [0.717, 1.165) is 17.2 Å². The van der Waals surface area contributed by atoms with Crippen LogP contribution in [0, 0.1) is 0 Å². The van der Waals surface area contributed by atoms with Crippen LogP contribution in [0.3, 0.4) is 0 Å². The average molecular weight is 321 g/mol. The highest BCUT2D eigenvalue weighted by molar-refractivity contribution is 5.90. The van der Waals surface area contributed by atoms with Gasteiger partial charge in [0.05, 0.1) is 18.4 Å². The summed E-state index contributed by atoms with van der Waals surface area (Å²) in [5.41, 5.74) is 3.90. The number of carbonyl (C=O) groups excluding carboxylic acids is 1. The van der Waals surface area contributed by atoms with Crippen LogP contribution in [0.4, 0.5) is 5.69 Å². The third-order valence-electron chi connectivity index (χ3n) is 4.66. The summed E-state index contributed by atoms with van der Waals surface area (Å²) >= 11 is 0. The minimum absolute atomic E-state index is 0.322. The van der Waals surface area contributed by atoms with Crippen molar-refractivity contribution in [2.24, 2.45) is 4.99 Å².